The molecule has 0 aromatic heterocycles. The monoisotopic (exact) mass is 672 g/mol. The van der Waals surface area contributed by atoms with Crippen LogP contribution < -0.4 is 20.1 Å². The van der Waals surface area contributed by atoms with E-state index in [4.69, 9.17) is 14.2 Å². The molecule has 3 amide bonds. The van der Waals surface area contributed by atoms with Gasteiger partial charge in [0.2, 0.25) is 21.8 Å². The van der Waals surface area contributed by atoms with E-state index in [1.807, 2.05) is 0 Å². The number of hydrogen-bond acceptors (Lipinski definition) is 9. The minimum Gasteiger partial charge on any atom is -0.496 e. The molecule has 3 rings (SSSR count). The second-order valence-corrected chi connectivity index (χ2v) is 13.9. The molecule has 256 valence electrons. The largest absolute Gasteiger partial charge is 0.496 e. The van der Waals surface area contributed by atoms with Crippen molar-refractivity contribution in [3.05, 3.63) is 70.8 Å². The number of ether oxygens (including phenoxy) is 3. The molecule has 0 unspecified atom stereocenters. The van der Waals surface area contributed by atoms with Gasteiger partial charge in [0.15, 0.2) is 0 Å². The number of carbonyl (C=O) groups is 4. The molecule has 0 bridgehead atoms. The lowest BCUT2D eigenvalue weighted by molar-refractivity contribution is -0.154. The third-order valence-corrected chi connectivity index (χ3v) is 9.15. The first-order chi connectivity index (χ1) is 22.0. The summed E-state index contributed by atoms with van der Waals surface area (Å²) in [5, 5.41) is 5.10. The van der Waals surface area contributed by atoms with Crippen LogP contribution in [-0.2, 0) is 47.0 Å². The second kappa shape index (κ2) is 15.4. The van der Waals surface area contributed by atoms with Crippen molar-refractivity contribution in [3.8, 4) is 5.75 Å². The quantitative estimate of drug-likeness (QED) is 0.214. The lowest BCUT2D eigenvalue weighted by Crippen LogP contribution is -2.65. The van der Waals surface area contributed by atoms with E-state index in [1.165, 1.54) is 18.1 Å². The third kappa shape index (κ3) is 9.78. The molecule has 1 aliphatic rings. The molecule has 2 aromatic carbocycles. The van der Waals surface area contributed by atoms with Gasteiger partial charge in [-0.05, 0) is 75.4 Å². The molecule has 47 heavy (non-hydrogen) atoms. The van der Waals surface area contributed by atoms with Crippen molar-refractivity contribution in [2.45, 2.75) is 83.6 Å². The van der Waals surface area contributed by atoms with Crippen LogP contribution in [0.3, 0.4) is 0 Å². The summed E-state index contributed by atoms with van der Waals surface area (Å²) in [6, 6.07) is 6.28. The summed E-state index contributed by atoms with van der Waals surface area (Å²) in [6.45, 7) is 13.5. The lowest BCUT2D eigenvalue weighted by atomic mass is 10.0. The summed E-state index contributed by atoms with van der Waals surface area (Å²) in [4.78, 5) is 52.8. The molecule has 1 saturated heterocycles. The van der Waals surface area contributed by atoms with Gasteiger partial charge in [0.05, 0.1) is 25.0 Å². The molecular weight excluding hydrogens is 628 g/mol. The van der Waals surface area contributed by atoms with Crippen LogP contribution in [0.5, 0.6) is 5.75 Å². The Labute approximate surface area is 276 Å². The molecule has 13 nitrogen and oxygen atoms in total. The molecule has 0 saturated carbocycles. The first-order valence-electron chi connectivity index (χ1n) is 15.0. The molecule has 3 N–H and O–H groups in total. The van der Waals surface area contributed by atoms with Crippen LogP contribution in [0.2, 0.25) is 0 Å². The highest BCUT2D eigenvalue weighted by atomic mass is 32.2. The normalized spacial score (nSPS) is 16.7. The number of amides is 3. The van der Waals surface area contributed by atoms with E-state index in [2.05, 4.69) is 21.9 Å². The predicted molar refractivity (Wildman–Crippen MR) is 174 cm³/mol. The van der Waals surface area contributed by atoms with Crippen LogP contribution in [-0.4, -0.2) is 75.1 Å². The van der Waals surface area contributed by atoms with Gasteiger partial charge < -0.3 is 29.7 Å². The van der Waals surface area contributed by atoms with E-state index in [0.29, 0.717) is 28.0 Å². The maximum Gasteiger partial charge on any atom is 0.407 e. The number of piperazine rings is 1. The van der Waals surface area contributed by atoms with Gasteiger partial charge in [-0.3, -0.25) is 14.4 Å². The highest BCUT2D eigenvalue weighted by Gasteiger charge is 2.42. The van der Waals surface area contributed by atoms with Crippen molar-refractivity contribution in [1.29, 1.82) is 0 Å². The summed E-state index contributed by atoms with van der Waals surface area (Å²) >= 11 is 0. The van der Waals surface area contributed by atoms with Crippen LogP contribution in [0.4, 0.5) is 4.79 Å². The number of hydrogen-bond donors (Lipinski definition) is 3. The molecule has 1 aliphatic heterocycles. The fraction of sp³-hybridized carbons (Fsp3) is 0.455. The minimum absolute atomic E-state index is 0.00888. The molecule has 1 heterocycles. The van der Waals surface area contributed by atoms with Crippen molar-refractivity contribution in [3.63, 3.8) is 0 Å². The van der Waals surface area contributed by atoms with E-state index >= 15 is 0 Å². The molecule has 0 spiro atoms. The van der Waals surface area contributed by atoms with Gasteiger partial charge in [-0.25, -0.2) is 17.9 Å². The average molecular weight is 673 g/mol. The van der Waals surface area contributed by atoms with Crippen LogP contribution in [0.15, 0.2) is 47.9 Å². The Bertz CT molecular complexity index is 1620. The van der Waals surface area contributed by atoms with Crippen LogP contribution in [0, 0.1) is 20.8 Å². The van der Waals surface area contributed by atoms with Crippen molar-refractivity contribution in [2.24, 2.45) is 0 Å². The number of aryl methyl sites for hydroxylation is 1. The highest BCUT2D eigenvalue weighted by molar-refractivity contribution is 7.89. The molecule has 14 heteroatoms. The van der Waals surface area contributed by atoms with Gasteiger partial charge >= 0.3 is 12.1 Å². The third-order valence-electron chi connectivity index (χ3n) is 7.46. The number of nitrogens with zero attached hydrogens (tertiary/aromatic N) is 1. The summed E-state index contributed by atoms with van der Waals surface area (Å²) in [5.74, 6) is -1.17. The maximum absolute atomic E-state index is 13.6. The fourth-order valence-corrected chi connectivity index (χ4v) is 6.62. The smallest absolute Gasteiger partial charge is 0.407 e. The number of esters is 1. The number of benzene rings is 2. The Balaban J connectivity index is 1.78. The highest BCUT2D eigenvalue weighted by Crippen LogP contribution is 2.30. The molecule has 2 atom stereocenters. The number of carbonyl (C=O) groups excluding carboxylic acids is 4. The first kappa shape index (κ1) is 37.0. The zero-order valence-corrected chi connectivity index (χ0v) is 28.7. The molecular formula is C33H44N4O9S. The van der Waals surface area contributed by atoms with Gasteiger partial charge in [-0.1, -0.05) is 36.9 Å². The summed E-state index contributed by atoms with van der Waals surface area (Å²) in [5.41, 5.74) is 2.42. The molecule has 0 radical (unpaired) electrons. The van der Waals surface area contributed by atoms with Gasteiger partial charge in [-0.2, -0.15) is 0 Å². The molecule has 0 aliphatic carbocycles. The Morgan fingerprint density at radius 1 is 1.06 bits per heavy atom. The minimum atomic E-state index is -3.86. The van der Waals surface area contributed by atoms with Gasteiger partial charge in [-0.15, -0.1) is 0 Å². The van der Waals surface area contributed by atoms with E-state index in [1.54, 1.807) is 71.9 Å². The topological polar surface area (TPSA) is 169 Å². The van der Waals surface area contributed by atoms with E-state index in [0.717, 1.165) is 5.56 Å². The number of alkyl carbamates (subject to hydrolysis) is 1. The summed E-state index contributed by atoms with van der Waals surface area (Å²) in [7, 11) is -2.32. The fourth-order valence-electron chi connectivity index (χ4n) is 5.08. The number of sulfonamides is 1. The van der Waals surface area contributed by atoms with Gasteiger partial charge in [0.25, 0.3) is 0 Å². The van der Waals surface area contributed by atoms with Crippen LogP contribution >= 0.6 is 0 Å². The van der Waals surface area contributed by atoms with Crippen molar-refractivity contribution < 1.29 is 41.8 Å². The van der Waals surface area contributed by atoms with Gasteiger partial charge in [0.1, 0.15) is 30.0 Å². The maximum atomic E-state index is 13.6. The number of rotatable bonds is 13. The second-order valence-electron chi connectivity index (χ2n) is 12.2. The summed E-state index contributed by atoms with van der Waals surface area (Å²) < 4.78 is 44.8. The van der Waals surface area contributed by atoms with E-state index in [9.17, 15) is 27.6 Å². The Kier molecular flexibility index (Phi) is 12.2. The van der Waals surface area contributed by atoms with E-state index in [-0.39, 0.29) is 37.6 Å². The van der Waals surface area contributed by atoms with Gasteiger partial charge in [0, 0.05) is 13.1 Å². The molecule has 2 aromatic rings. The zero-order chi connectivity index (χ0) is 35.1. The first-order valence-corrected chi connectivity index (χ1v) is 16.5. The number of methoxy groups -OCH3 is 1. The van der Waals surface area contributed by atoms with Crippen LogP contribution in [0.25, 0.3) is 0 Å². The van der Waals surface area contributed by atoms with Crippen LogP contribution in [0.1, 0.15) is 55.0 Å². The summed E-state index contributed by atoms with van der Waals surface area (Å²) in [6.07, 6.45) is 0.253. The average Bonchev–Trinajstić information content (AvgIpc) is 2.98. The lowest BCUT2D eigenvalue weighted by Gasteiger charge is -2.39. The standard InChI is InChI=1S/C33H44N4O9S/c1-9-14-45-28(38)16-25-31(40)37(26(30(39)36-25)18-34-32(41)46-33(5,6)7)19-24-12-10-23(11-13-24)17-35-47(42,43)29-20(2)15-27(44-8)21(3)22(29)4/h9-13,15,25-26,35H,1,14,16-19H2,2-8H3,(H,34,41)(H,36,39)/t25-,26+/m1/s1. The van der Waals surface area contributed by atoms with Crippen molar-refractivity contribution in [2.75, 3.05) is 20.3 Å². The van der Waals surface area contributed by atoms with Crippen molar-refractivity contribution >= 4 is 33.9 Å². The molecule has 1 fully saturated rings. The van der Waals surface area contributed by atoms with Crippen molar-refractivity contribution in [1.82, 2.24) is 20.3 Å². The Hall–Kier alpha value is -4.43. The predicted octanol–water partition coefficient (Wildman–Crippen LogP) is 2.94. The SMILES string of the molecule is C=CCOC(=O)C[C@H]1NC(=O)[C@H](CNC(=O)OC(C)(C)C)N(Cc2ccc(CNS(=O)(=O)c3c(C)cc(OC)c(C)c3C)cc2)C1=O. The number of nitrogens with one attached hydrogen (secondary N) is 3. The Morgan fingerprint density at radius 3 is 2.30 bits per heavy atom. The Morgan fingerprint density at radius 2 is 1.70 bits per heavy atom. The zero-order valence-electron chi connectivity index (χ0n) is 27.9. The van der Waals surface area contributed by atoms with E-state index < -0.39 is 51.6 Å².